The van der Waals surface area contributed by atoms with E-state index in [4.69, 9.17) is 5.73 Å². The zero-order chi connectivity index (χ0) is 13.9. The molecule has 5 nitrogen and oxygen atoms in total. The van der Waals surface area contributed by atoms with Gasteiger partial charge in [0.15, 0.2) is 5.13 Å². The Labute approximate surface area is 130 Å². The minimum Gasteiger partial charge on any atom is -0.382 e. The van der Waals surface area contributed by atoms with Crippen LogP contribution in [0.1, 0.15) is 22.5 Å². The van der Waals surface area contributed by atoms with E-state index < -0.39 is 0 Å². The predicted octanol–water partition coefficient (Wildman–Crippen LogP) is 1.88. The molecule has 2 aliphatic rings. The highest BCUT2D eigenvalue weighted by molar-refractivity contribution is 8.06. The quantitative estimate of drug-likeness (QED) is 0.765. The molecular weight excluding hydrogens is 312 g/mol. The van der Waals surface area contributed by atoms with Crippen molar-refractivity contribution < 1.29 is 4.79 Å². The van der Waals surface area contributed by atoms with Crippen molar-refractivity contribution >= 4 is 51.7 Å². The van der Waals surface area contributed by atoms with Crippen LogP contribution in [0.25, 0.3) is 0 Å². The minimum absolute atomic E-state index is 0.0972. The predicted molar refractivity (Wildman–Crippen MR) is 89.1 cm³/mol. The number of carbonyl (C=O) groups is 1. The van der Waals surface area contributed by atoms with Crippen LogP contribution in [0.2, 0.25) is 0 Å². The Morgan fingerprint density at radius 2 is 2.25 bits per heavy atom. The van der Waals surface area contributed by atoms with E-state index in [2.05, 4.69) is 15.6 Å². The number of nitrogens with one attached hydrogen (secondary N) is 2. The number of hydrogen-bond donors (Lipinski definition) is 3. The maximum absolute atomic E-state index is 12.2. The number of rotatable bonds is 5. The lowest BCUT2D eigenvalue weighted by molar-refractivity contribution is 0.0959. The van der Waals surface area contributed by atoms with Crippen molar-refractivity contribution in [2.24, 2.45) is 0 Å². The summed E-state index contributed by atoms with van der Waals surface area (Å²) in [7, 11) is 0. The van der Waals surface area contributed by atoms with Crippen LogP contribution in [-0.4, -0.2) is 46.0 Å². The van der Waals surface area contributed by atoms with Crippen molar-refractivity contribution in [3.63, 3.8) is 0 Å². The smallest absolute Gasteiger partial charge is 0.265 e. The number of thioether (sulfide) groups is 2. The van der Waals surface area contributed by atoms with Gasteiger partial charge in [0.2, 0.25) is 0 Å². The van der Waals surface area contributed by atoms with Gasteiger partial charge in [0, 0.05) is 35.1 Å². The Balaban J connectivity index is 1.54. The van der Waals surface area contributed by atoms with Crippen molar-refractivity contribution in [1.82, 2.24) is 10.3 Å². The van der Waals surface area contributed by atoms with Crippen molar-refractivity contribution in [2.75, 3.05) is 34.9 Å². The zero-order valence-electron chi connectivity index (χ0n) is 11.1. The fourth-order valence-electron chi connectivity index (χ4n) is 1.90. The number of nitrogens with zero attached hydrogens (tertiary/aromatic N) is 1. The highest BCUT2D eigenvalue weighted by Gasteiger charge is 2.24. The van der Waals surface area contributed by atoms with Crippen LogP contribution in [0.15, 0.2) is 0 Å². The molecule has 1 aromatic heterocycles. The van der Waals surface area contributed by atoms with Crippen molar-refractivity contribution in [3.05, 3.63) is 4.88 Å². The summed E-state index contributed by atoms with van der Waals surface area (Å²) in [6.45, 7) is 0.708. The third-order valence-electron chi connectivity index (χ3n) is 3.14. The van der Waals surface area contributed by atoms with Crippen molar-refractivity contribution in [1.29, 1.82) is 0 Å². The van der Waals surface area contributed by atoms with E-state index in [1.807, 2.05) is 23.5 Å². The van der Waals surface area contributed by atoms with Crippen LogP contribution in [0.3, 0.4) is 0 Å². The first-order valence-electron chi connectivity index (χ1n) is 6.73. The number of amides is 1. The summed E-state index contributed by atoms with van der Waals surface area (Å²) in [6.07, 6.45) is 2.36. The number of thiazole rings is 1. The van der Waals surface area contributed by atoms with Gasteiger partial charge in [-0.1, -0.05) is 11.3 Å². The fourth-order valence-corrected chi connectivity index (χ4v) is 5.39. The molecule has 1 aliphatic carbocycles. The second kappa shape index (κ2) is 6.44. The van der Waals surface area contributed by atoms with Crippen LogP contribution in [-0.2, 0) is 0 Å². The first-order chi connectivity index (χ1) is 9.72. The van der Waals surface area contributed by atoms with E-state index in [0.29, 0.717) is 28.5 Å². The Morgan fingerprint density at radius 3 is 2.95 bits per heavy atom. The van der Waals surface area contributed by atoms with E-state index in [1.54, 1.807) is 0 Å². The number of nitrogen functional groups attached to an aromatic ring is 1. The molecule has 0 radical (unpaired) electrons. The molecule has 1 saturated carbocycles. The third-order valence-corrected chi connectivity index (χ3v) is 6.99. The van der Waals surface area contributed by atoms with Gasteiger partial charge in [-0.2, -0.15) is 23.5 Å². The molecule has 3 rings (SSSR count). The molecule has 8 heteroatoms. The van der Waals surface area contributed by atoms with Gasteiger partial charge in [0.05, 0.1) is 0 Å². The summed E-state index contributed by atoms with van der Waals surface area (Å²) in [5.74, 6) is 3.73. The second-order valence-electron chi connectivity index (χ2n) is 4.93. The van der Waals surface area contributed by atoms with E-state index in [0.717, 1.165) is 10.9 Å². The van der Waals surface area contributed by atoms with Crippen molar-refractivity contribution in [2.45, 2.75) is 24.1 Å². The molecule has 1 aliphatic heterocycles. The number of anilines is 2. The normalized spacial score (nSPS) is 22.5. The van der Waals surface area contributed by atoms with Gasteiger partial charge in [-0.15, -0.1) is 0 Å². The maximum Gasteiger partial charge on any atom is 0.265 e. The van der Waals surface area contributed by atoms with Gasteiger partial charge in [-0.25, -0.2) is 4.98 Å². The summed E-state index contributed by atoms with van der Waals surface area (Å²) in [6, 6.07) is 0.520. The lowest BCUT2D eigenvalue weighted by Crippen LogP contribution is -2.33. The van der Waals surface area contributed by atoms with E-state index in [-0.39, 0.29) is 5.91 Å². The zero-order valence-corrected chi connectivity index (χ0v) is 13.5. The van der Waals surface area contributed by atoms with E-state index in [1.165, 1.54) is 35.7 Å². The number of aromatic nitrogens is 1. The lowest BCUT2D eigenvalue weighted by atomic mass is 10.4. The Morgan fingerprint density at radius 1 is 1.40 bits per heavy atom. The standard InChI is InChI=1S/C12H18N4OS3/c13-10-9(20-12(16-10)15-7-1-2-7)11(17)14-5-8-6-18-3-4-19-8/h7-8H,1-6,13H2,(H,14,17)(H,15,16). The fraction of sp³-hybridized carbons (Fsp3) is 0.667. The Kier molecular flexibility index (Phi) is 4.62. The van der Waals surface area contributed by atoms with Crippen LogP contribution in [0.5, 0.6) is 0 Å². The monoisotopic (exact) mass is 330 g/mol. The van der Waals surface area contributed by atoms with Gasteiger partial charge < -0.3 is 16.4 Å². The average Bonchev–Trinajstić information content (AvgIpc) is 3.19. The molecule has 1 saturated heterocycles. The van der Waals surface area contributed by atoms with Crippen LogP contribution < -0.4 is 16.4 Å². The topological polar surface area (TPSA) is 80.0 Å². The second-order valence-corrected chi connectivity index (χ2v) is 8.49. The lowest BCUT2D eigenvalue weighted by Gasteiger charge is -2.20. The number of hydrogen-bond acceptors (Lipinski definition) is 7. The summed E-state index contributed by atoms with van der Waals surface area (Å²) in [5, 5.41) is 7.53. The first-order valence-corrected chi connectivity index (χ1v) is 9.75. The van der Waals surface area contributed by atoms with Crippen LogP contribution in [0.4, 0.5) is 10.9 Å². The average molecular weight is 331 g/mol. The minimum atomic E-state index is -0.0972. The molecular formula is C12H18N4OS3. The summed E-state index contributed by atoms with van der Waals surface area (Å²) in [4.78, 5) is 16.9. The van der Waals surface area contributed by atoms with Crippen LogP contribution in [0, 0.1) is 0 Å². The molecule has 0 bridgehead atoms. The molecule has 2 fully saturated rings. The Hall–Kier alpha value is -0.600. The summed E-state index contributed by atoms with van der Waals surface area (Å²) in [5.41, 5.74) is 5.84. The molecule has 1 aromatic rings. The molecule has 110 valence electrons. The van der Waals surface area contributed by atoms with E-state index >= 15 is 0 Å². The van der Waals surface area contributed by atoms with Crippen molar-refractivity contribution in [3.8, 4) is 0 Å². The van der Waals surface area contributed by atoms with Gasteiger partial charge in [0.1, 0.15) is 10.7 Å². The number of carbonyl (C=O) groups excluding carboxylic acids is 1. The van der Waals surface area contributed by atoms with Gasteiger partial charge >= 0.3 is 0 Å². The molecule has 0 spiro atoms. The summed E-state index contributed by atoms with van der Waals surface area (Å²) < 4.78 is 0. The summed E-state index contributed by atoms with van der Waals surface area (Å²) >= 11 is 5.24. The molecule has 4 N–H and O–H groups in total. The van der Waals surface area contributed by atoms with E-state index in [9.17, 15) is 4.79 Å². The molecule has 0 aromatic carbocycles. The molecule has 2 heterocycles. The first kappa shape index (κ1) is 14.3. The van der Waals surface area contributed by atoms with Gasteiger partial charge in [0.25, 0.3) is 5.91 Å². The molecule has 1 unspecified atom stereocenters. The largest absolute Gasteiger partial charge is 0.382 e. The molecule has 20 heavy (non-hydrogen) atoms. The highest BCUT2D eigenvalue weighted by atomic mass is 32.2. The molecule has 1 atom stereocenters. The molecule has 1 amide bonds. The van der Waals surface area contributed by atoms with Crippen LogP contribution >= 0.6 is 34.9 Å². The SMILES string of the molecule is Nc1nc(NC2CC2)sc1C(=O)NCC1CSCCS1. The number of nitrogens with two attached hydrogens (primary N) is 1. The highest BCUT2D eigenvalue weighted by Crippen LogP contribution is 2.30. The third kappa shape index (κ3) is 3.73. The van der Waals surface area contributed by atoms with Gasteiger partial charge in [-0.3, -0.25) is 4.79 Å². The Bertz CT molecular complexity index is 483. The van der Waals surface area contributed by atoms with Gasteiger partial charge in [-0.05, 0) is 12.8 Å². The maximum atomic E-state index is 12.2.